The van der Waals surface area contributed by atoms with E-state index in [0.29, 0.717) is 18.8 Å². The molecule has 2 aromatic rings. The van der Waals surface area contributed by atoms with Crippen LogP contribution in [0.3, 0.4) is 0 Å². The molecule has 0 radical (unpaired) electrons. The summed E-state index contributed by atoms with van der Waals surface area (Å²) in [6.07, 6.45) is -0.564. The highest BCUT2D eigenvalue weighted by atomic mass is 16.6. The summed E-state index contributed by atoms with van der Waals surface area (Å²) in [6, 6.07) is 11.1. The first kappa shape index (κ1) is 20.7. The van der Waals surface area contributed by atoms with E-state index >= 15 is 0 Å². The lowest BCUT2D eigenvalue weighted by Gasteiger charge is -2.39. The van der Waals surface area contributed by atoms with Crippen LogP contribution in [0.2, 0.25) is 0 Å². The minimum Gasteiger partial charge on any atom is -0.487 e. The Balaban J connectivity index is 1.76. The second kappa shape index (κ2) is 7.78. The summed E-state index contributed by atoms with van der Waals surface area (Å²) in [5.41, 5.74) is 3.60. The lowest BCUT2D eigenvalue weighted by atomic mass is 9.97. The Bertz CT molecular complexity index is 939. The summed E-state index contributed by atoms with van der Waals surface area (Å²) in [5.74, 6) is -0.529. The van der Waals surface area contributed by atoms with Crippen molar-refractivity contribution in [3.8, 4) is 16.9 Å². The van der Waals surface area contributed by atoms with Crippen molar-refractivity contribution >= 4 is 12.1 Å². The Kier molecular flexibility index (Phi) is 5.55. The summed E-state index contributed by atoms with van der Waals surface area (Å²) >= 11 is 0. The first-order chi connectivity index (χ1) is 13.5. The lowest BCUT2D eigenvalue weighted by Crippen LogP contribution is -2.57. The van der Waals surface area contributed by atoms with Crippen molar-refractivity contribution in [2.24, 2.45) is 0 Å². The number of hydrogen-bond acceptors (Lipinski definition) is 4. The quantitative estimate of drug-likeness (QED) is 0.812. The fourth-order valence-corrected chi connectivity index (χ4v) is 3.26. The molecule has 1 aliphatic rings. The Labute approximate surface area is 171 Å². The molecule has 1 saturated heterocycles. The second-order valence-corrected chi connectivity index (χ2v) is 8.49. The van der Waals surface area contributed by atoms with E-state index in [2.05, 4.69) is 6.07 Å². The van der Waals surface area contributed by atoms with Gasteiger partial charge in [-0.15, -0.1) is 0 Å². The number of hydrogen-bond donors (Lipinski definition) is 1. The third-order valence-electron chi connectivity index (χ3n) is 4.65. The Hall–Kier alpha value is -3.02. The van der Waals surface area contributed by atoms with Gasteiger partial charge in [-0.25, -0.2) is 9.59 Å². The van der Waals surface area contributed by atoms with Gasteiger partial charge in [0.15, 0.2) is 0 Å². The molecule has 0 unspecified atom stereocenters. The molecule has 3 rings (SSSR count). The largest absolute Gasteiger partial charge is 0.487 e. The number of benzene rings is 2. The summed E-state index contributed by atoms with van der Waals surface area (Å²) in [5, 5.41) is 9.50. The summed E-state index contributed by atoms with van der Waals surface area (Å²) in [6.45, 7) is 10.3. The smallest absolute Gasteiger partial charge is 0.410 e. The molecule has 1 fully saturated rings. The van der Waals surface area contributed by atoms with E-state index in [4.69, 9.17) is 9.47 Å². The number of nitrogens with zero attached hydrogens (tertiary/aromatic N) is 1. The van der Waals surface area contributed by atoms with Crippen molar-refractivity contribution < 1.29 is 24.2 Å². The number of rotatable bonds is 4. The molecule has 2 aromatic carbocycles. The van der Waals surface area contributed by atoms with Gasteiger partial charge >= 0.3 is 12.1 Å². The molecule has 0 spiro atoms. The molecule has 0 bridgehead atoms. The molecule has 154 valence electrons. The monoisotopic (exact) mass is 397 g/mol. The van der Waals surface area contributed by atoms with Gasteiger partial charge in [-0.05, 0) is 69.5 Å². The van der Waals surface area contributed by atoms with Crippen LogP contribution in [0.15, 0.2) is 36.4 Å². The average molecular weight is 397 g/mol. The molecule has 0 aliphatic carbocycles. The molecule has 0 aromatic heterocycles. The van der Waals surface area contributed by atoms with Crippen LogP contribution in [0.1, 0.15) is 42.3 Å². The van der Waals surface area contributed by atoms with Crippen molar-refractivity contribution in [1.29, 1.82) is 0 Å². The molecule has 1 N–H and O–H groups in total. The number of carbonyl (C=O) groups excluding carboxylic acids is 1. The van der Waals surface area contributed by atoms with Gasteiger partial charge in [-0.3, -0.25) is 0 Å². The van der Waals surface area contributed by atoms with Crippen LogP contribution in [0.5, 0.6) is 5.75 Å². The highest BCUT2D eigenvalue weighted by molar-refractivity contribution is 5.90. The average Bonchev–Trinajstić information content (AvgIpc) is 2.55. The topological polar surface area (TPSA) is 76.1 Å². The van der Waals surface area contributed by atoms with Gasteiger partial charge < -0.3 is 19.5 Å². The van der Waals surface area contributed by atoms with Crippen LogP contribution in [-0.2, 0) is 4.74 Å². The summed E-state index contributed by atoms with van der Waals surface area (Å²) in [4.78, 5) is 25.2. The maximum atomic E-state index is 12.1. The van der Waals surface area contributed by atoms with Crippen molar-refractivity contribution in [1.82, 2.24) is 4.90 Å². The van der Waals surface area contributed by atoms with E-state index in [0.717, 1.165) is 22.3 Å². The molecule has 6 heteroatoms. The van der Waals surface area contributed by atoms with E-state index in [1.54, 1.807) is 11.0 Å². The van der Waals surface area contributed by atoms with Gasteiger partial charge in [0.25, 0.3) is 0 Å². The van der Waals surface area contributed by atoms with Crippen molar-refractivity contribution in [3.63, 3.8) is 0 Å². The van der Waals surface area contributed by atoms with Gasteiger partial charge in [-0.1, -0.05) is 23.8 Å². The maximum absolute atomic E-state index is 12.1. The molecule has 29 heavy (non-hydrogen) atoms. The van der Waals surface area contributed by atoms with Gasteiger partial charge in [0.1, 0.15) is 17.5 Å². The summed E-state index contributed by atoms with van der Waals surface area (Å²) < 4.78 is 11.3. The number of carboxylic acid groups (broad SMARTS) is 1. The molecule has 0 atom stereocenters. The molecular weight excluding hydrogens is 370 g/mol. The third kappa shape index (κ3) is 5.08. The van der Waals surface area contributed by atoms with Gasteiger partial charge in [0, 0.05) is 0 Å². The molecule has 1 heterocycles. The molecule has 0 saturated carbocycles. The number of ether oxygens (including phenoxy) is 2. The van der Waals surface area contributed by atoms with Gasteiger partial charge in [-0.2, -0.15) is 0 Å². The predicted octanol–water partition coefficient (Wildman–Crippen LogP) is 4.67. The van der Waals surface area contributed by atoms with E-state index in [9.17, 15) is 14.7 Å². The third-order valence-corrected chi connectivity index (χ3v) is 4.65. The second-order valence-electron chi connectivity index (χ2n) is 8.49. The number of likely N-dealkylation sites (tertiary alicyclic amines) is 1. The first-order valence-corrected chi connectivity index (χ1v) is 9.62. The SMILES string of the molecule is Cc1ccc(-c2cc(OC3CN(C(=O)OC(C)(C)C)C3)cc(C(=O)O)c2)c(C)c1. The Morgan fingerprint density at radius 1 is 1.07 bits per heavy atom. The maximum Gasteiger partial charge on any atom is 0.410 e. The predicted molar refractivity (Wildman–Crippen MR) is 111 cm³/mol. The van der Waals surface area contributed by atoms with Crippen molar-refractivity contribution in [2.75, 3.05) is 13.1 Å². The van der Waals surface area contributed by atoms with Gasteiger partial charge in [0.05, 0.1) is 18.7 Å². The standard InChI is InChI=1S/C23H27NO5/c1-14-6-7-20(15(2)8-14)16-9-17(21(25)26)11-18(10-16)28-19-12-24(13-19)22(27)29-23(3,4)5/h6-11,19H,12-13H2,1-5H3,(H,25,26). The molecule has 1 amide bonds. The van der Waals surface area contributed by atoms with Crippen LogP contribution < -0.4 is 4.74 Å². The van der Waals surface area contributed by atoms with E-state index in [-0.39, 0.29) is 17.8 Å². The molecule has 1 aliphatic heterocycles. The van der Waals surface area contributed by atoms with E-state index in [1.165, 1.54) is 6.07 Å². The van der Waals surface area contributed by atoms with Crippen LogP contribution in [0, 0.1) is 13.8 Å². The normalized spacial score (nSPS) is 14.3. The van der Waals surface area contributed by atoms with E-state index in [1.807, 2.05) is 52.8 Å². The van der Waals surface area contributed by atoms with Crippen LogP contribution in [-0.4, -0.2) is 46.9 Å². The minimum atomic E-state index is -1.01. The molecule has 6 nitrogen and oxygen atoms in total. The zero-order chi connectivity index (χ0) is 21.3. The zero-order valence-electron chi connectivity index (χ0n) is 17.5. The Morgan fingerprint density at radius 3 is 2.34 bits per heavy atom. The fourth-order valence-electron chi connectivity index (χ4n) is 3.26. The number of amides is 1. The number of carboxylic acids is 1. The fraction of sp³-hybridized carbons (Fsp3) is 0.391. The van der Waals surface area contributed by atoms with Gasteiger partial charge in [0.2, 0.25) is 0 Å². The minimum absolute atomic E-state index is 0.167. The van der Waals surface area contributed by atoms with Crippen LogP contribution in [0.4, 0.5) is 4.79 Å². The van der Waals surface area contributed by atoms with Crippen molar-refractivity contribution in [2.45, 2.75) is 46.3 Å². The van der Waals surface area contributed by atoms with E-state index < -0.39 is 11.6 Å². The summed E-state index contributed by atoms with van der Waals surface area (Å²) in [7, 11) is 0. The highest BCUT2D eigenvalue weighted by Crippen LogP contribution is 2.30. The van der Waals surface area contributed by atoms with Crippen molar-refractivity contribution in [3.05, 3.63) is 53.1 Å². The number of aryl methyl sites for hydroxylation is 2. The van der Waals surface area contributed by atoms with Crippen LogP contribution >= 0.6 is 0 Å². The number of aromatic carboxylic acids is 1. The Morgan fingerprint density at radius 2 is 1.76 bits per heavy atom. The van der Waals surface area contributed by atoms with Crippen LogP contribution in [0.25, 0.3) is 11.1 Å². The highest BCUT2D eigenvalue weighted by Gasteiger charge is 2.35. The number of carbonyl (C=O) groups is 2. The molecular formula is C23H27NO5. The lowest BCUT2D eigenvalue weighted by molar-refractivity contribution is -0.0221. The first-order valence-electron chi connectivity index (χ1n) is 9.62. The zero-order valence-corrected chi connectivity index (χ0v) is 17.5.